The van der Waals surface area contributed by atoms with E-state index < -0.39 is 7.92 Å². The van der Waals surface area contributed by atoms with Crippen molar-refractivity contribution in [3.05, 3.63) is 82.5 Å². The Morgan fingerprint density at radius 2 is 1.09 bits per heavy atom. The van der Waals surface area contributed by atoms with Gasteiger partial charge in [0.15, 0.2) is 0 Å². The minimum atomic E-state index is -0.411. The number of hydrogen-bond donors (Lipinski definition) is 0. The van der Waals surface area contributed by atoms with Crippen molar-refractivity contribution < 1.29 is 0 Å². The topological polar surface area (TPSA) is 0 Å². The molecule has 0 aliphatic heterocycles. The third-order valence-electron chi connectivity index (χ3n) is 4.37. The van der Waals surface area contributed by atoms with Gasteiger partial charge in [0.1, 0.15) is 0 Å². The van der Waals surface area contributed by atoms with E-state index in [1.165, 1.54) is 38.4 Å². The lowest BCUT2D eigenvalue weighted by Gasteiger charge is -2.27. The second kappa shape index (κ2) is 6.46. The zero-order chi connectivity index (χ0) is 16.6. The van der Waals surface area contributed by atoms with Crippen molar-refractivity contribution in [3.63, 3.8) is 0 Å². The molecular weight excluding hydrogens is 295 g/mol. The van der Waals surface area contributed by atoms with Crippen LogP contribution in [0.25, 0.3) is 0 Å². The maximum atomic E-state index is 2.39. The first kappa shape index (κ1) is 16.2. The van der Waals surface area contributed by atoms with E-state index in [0.717, 1.165) is 0 Å². The molecule has 2 aromatic carbocycles. The summed E-state index contributed by atoms with van der Waals surface area (Å²) in [6.07, 6.45) is 6.88. The van der Waals surface area contributed by atoms with E-state index in [1.54, 1.807) is 0 Å². The van der Waals surface area contributed by atoms with E-state index in [2.05, 4.69) is 89.2 Å². The van der Waals surface area contributed by atoms with Gasteiger partial charge in [0.05, 0.1) is 0 Å². The number of hydrogen-bond acceptors (Lipinski definition) is 0. The predicted octanol–water partition coefficient (Wildman–Crippen LogP) is 5.24. The van der Waals surface area contributed by atoms with Crippen LogP contribution in [0.3, 0.4) is 0 Å². The number of benzene rings is 2. The van der Waals surface area contributed by atoms with Gasteiger partial charge in [-0.15, -0.1) is 0 Å². The van der Waals surface area contributed by atoms with Crippen LogP contribution in [0, 0.1) is 27.7 Å². The van der Waals surface area contributed by atoms with Crippen LogP contribution in [0.4, 0.5) is 0 Å². The predicted molar refractivity (Wildman–Crippen MR) is 105 cm³/mol. The molecule has 0 saturated heterocycles. The van der Waals surface area contributed by atoms with Crippen LogP contribution >= 0.6 is 7.92 Å². The summed E-state index contributed by atoms with van der Waals surface area (Å²) >= 11 is 0. The Labute approximate surface area is 141 Å². The van der Waals surface area contributed by atoms with Gasteiger partial charge in [-0.1, -0.05) is 82.5 Å². The minimum Gasteiger partial charge on any atom is -0.0725 e. The summed E-state index contributed by atoms with van der Waals surface area (Å²) in [4.78, 5) is 0. The lowest BCUT2D eigenvalue weighted by molar-refractivity contribution is 1.26. The van der Waals surface area contributed by atoms with Crippen LogP contribution in [-0.4, -0.2) is 5.66 Å². The maximum Gasteiger partial charge on any atom is 0.0264 e. The van der Waals surface area contributed by atoms with Gasteiger partial charge in [0, 0.05) is 5.66 Å². The van der Waals surface area contributed by atoms with Crippen molar-refractivity contribution in [2.75, 3.05) is 0 Å². The summed E-state index contributed by atoms with van der Waals surface area (Å²) in [5, 5.41) is 2.98. The molecule has 23 heavy (non-hydrogen) atoms. The average molecular weight is 320 g/mol. The summed E-state index contributed by atoms with van der Waals surface area (Å²) in [5.74, 6) is 0. The molecule has 0 nitrogen and oxygen atoms in total. The zero-order valence-electron chi connectivity index (χ0n) is 14.7. The molecule has 0 heterocycles. The largest absolute Gasteiger partial charge is 0.0725 e. The van der Waals surface area contributed by atoms with Gasteiger partial charge in [0.25, 0.3) is 0 Å². The number of allylic oxidation sites excluding steroid dienone is 4. The standard InChI is InChI=1S/C22H25P/c1-15-9-16(2)12-20(11-15)23(22-8-6-7-19(22)5)21-13-17(3)10-18(4)14-21/h6-14,22H,1-5H3. The van der Waals surface area contributed by atoms with Crippen molar-refractivity contribution in [1.29, 1.82) is 0 Å². The highest BCUT2D eigenvalue weighted by molar-refractivity contribution is 7.74. The fourth-order valence-corrected chi connectivity index (χ4v) is 6.58. The Kier molecular flexibility index (Phi) is 4.55. The van der Waals surface area contributed by atoms with Crippen molar-refractivity contribution in [1.82, 2.24) is 0 Å². The molecule has 1 atom stereocenters. The Balaban J connectivity index is 2.17. The molecule has 0 radical (unpaired) electrons. The SMILES string of the molecule is CC1=CC=CC1P(c1cc(C)cc(C)c1)c1cc(C)cc(C)c1. The van der Waals surface area contributed by atoms with E-state index >= 15 is 0 Å². The molecule has 0 bridgehead atoms. The van der Waals surface area contributed by atoms with E-state index in [0.29, 0.717) is 5.66 Å². The minimum absolute atomic E-state index is 0.411. The van der Waals surface area contributed by atoms with Gasteiger partial charge < -0.3 is 0 Å². The second-order valence-electron chi connectivity index (χ2n) is 6.80. The van der Waals surface area contributed by atoms with Crippen LogP contribution in [0.1, 0.15) is 29.2 Å². The van der Waals surface area contributed by atoms with Crippen LogP contribution in [0.5, 0.6) is 0 Å². The summed E-state index contributed by atoms with van der Waals surface area (Å²) in [5.41, 5.74) is 7.45. The van der Waals surface area contributed by atoms with Crippen LogP contribution in [0.2, 0.25) is 0 Å². The van der Waals surface area contributed by atoms with Crippen molar-refractivity contribution in [2.45, 2.75) is 40.3 Å². The molecule has 0 saturated carbocycles. The molecule has 1 heteroatoms. The Bertz CT molecular complexity index is 704. The quantitative estimate of drug-likeness (QED) is 0.679. The summed E-state index contributed by atoms with van der Waals surface area (Å²) in [6, 6.07) is 14.1. The van der Waals surface area contributed by atoms with Gasteiger partial charge in [-0.2, -0.15) is 0 Å². The van der Waals surface area contributed by atoms with Crippen LogP contribution in [0.15, 0.2) is 60.2 Å². The summed E-state index contributed by atoms with van der Waals surface area (Å²) in [6.45, 7) is 11.1. The average Bonchev–Trinajstić information content (AvgIpc) is 2.83. The molecule has 0 spiro atoms. The number of rotatable bonds is 3. The van der Waals surface area contributed by atoms with Crippen LogP contribution in [-0.2, 0) is 0 Å². The molecule has 118 valence electrons. The maximum absolute atomic E-state index is 2.39. The van der Waals surface area contributed by atoms with E-state index in [9.17, 15) is 0 Å². The van der Waals surface area contributed by atoms with E-state index in [4.69, 9.17) is 0 Å². The van der Waals surface area contributed by atoms with Crippen molar-refractivity contribution >= 4 is 18.5 Å². The van der Waals surface area contributed by atoms with Crippen molar-refractivity contribution in [3.8, 4) is 0 Å². The summed E-state index contributed by atoms with van der Waals surface area (Å²) in [7, 11) is -0.411. The highest BCUT2D eigenvalue weighted by Gasteiger charge is 2.26. The van der Waals surface area contributed by atoms with Crippen LogP contribution < -0.4 is 10.6 Å². The fraction of sp³-hybridized carbons (Fsp3) is 0.273. The summed E-state index contributed by atoms with van der Waals surface area (Å²) < 4.78 is 0. The van der Waals surface area contributed by atoms with Crippen molar-refractivity contribution in [2.24, 2.45) is 0 Å². The Hall–Kier alpha value is -1.65. The molecule has 1 unspecified atom stereocenters. The first-order valence-electron chi connectivity index (χ1n) is 8.25. The first-order chi connectivity index (χ1) is 10.9. The van der Waals surface area contributed by atoms with E-state index in [-0.39, 0.29) is 0 Å². The molecule has 3 rings (SSSR count). The fourth-order valence-electron chi connectivity index (χ4n) is 3.50. The third kappa shape index (κ3) is 3.48. The van der Waals surface area contributed by atoms with Gasteiger partial charge >= 0.3 is 0 Å². The van der Waals surface area contributed by atoms with Gasteiger partial charge in [-0.05, 0) is 53.1 Å². The van der Waals surface area contributed by atoms with E-state index in [1.807, 2.05) is 0 Å². The van der Waals surface area contributed by atoms with Gasteiger partial charge in [-0.25, -0.2) is 0 Å². The number of aryl methyl sites for hydroxylation is 4. The lowest BCUT2D eigenvalue weighted by Crippen LogP contribution is -2.21. The lowest BCUT2D eigenvalue weighted by atomic mass is 10.2. The normalized spacial score (nSPS) is 17.0. The Morgan fingerprint density at radius 3 is 1.43 bits per heavy atom. The highest BCUT2D eigenvalue weighted by atomic mass is 31.1. The first-order valence-corrected chi connectivity index (χ1v) is 9.66. The molecule has 0 N–H and O–H groups in total. The Morgan fingerprint density at radius 1 is 0.652 bits per heavy atom. The van der Waals surface area contributed by atoms with Gasteiger partial charge in [-0.3, -0.25) is 0 Å². The highest BCUT2D eigenvalue weighted by Crippen LogP contribution is 2.46. The molecule has 0 fully saturated rings. The monoisotopic (exact) mass is 320 g/mol. The van der Waals surface area contributed by atoms with Gasteiger partial charge in [0.2, 0.25) is 0 Å². The second-order valence-corrected chi connectivity index (χ2v) is 9.13. The molecule has 0 amide bonds. The molecule has 0 aromatic heterocycles. The molecular formula is C22H25P. The smallest absolute Gasteiger partial charge is 0.0264 e. The molecule has 2 aromatic rings. The zero-order valence-corrected chi connectivity index (χ0v) is 15.6. The molecule has 1 aliphatic rings. The third-order valence-corrected chi connectivity index (χ3v) is 7.13. The molecule has 1 aliphatic carbocycles.